The number of fused-ring (bicyclic) bond motifs is 1. The van der Waals surface area contributed by atoms with Crippen molar-refractivity contribution in [3.63, 3.8) is 0 Å². The Hall–Kier alpha value is -2.12. The van der Waals surface area contributed by atoms with Crippen LogP contribution in [0.5, 0.6) is 0 Å². The molecule has 1 aliphatic rings. The third kappa shape index (κ3) is 2.98. The second kappa shape index (κ2) is 5.71. The number of nitrogens with one attached hydrogen (secondary N) is 1. The Labute approximate surface area is 129 Å². The van der Waals surface area contributed by atoms with E-state index in [4.69, 9.17) is 28.9 Å². The standard InChI is InChI=1S/C12H9Cl2N3O4/c13-7-1-5-6(2-8(7)14)12(21)17(11(5)20)4-10(19)16-3-9(15)18/h1-2H,3-4H2,(H2,15,18)(H,16,19). The van der Waals surface area contributed by atoms with Gasteiger partial charge < -0.3 is 11.1 Å². The molecule has 4 amide bonds. The number of rotatable bonds is 4. The van der Waals surface area contributed by atoms with Crippen LogP contribution in [-0.4, -0.2) is 41.6 Å². The first kappa shape index (κ1) is 15.3. The zero-order valence-corrected chi connectivity index (χ0v) is 12.0. The molecule has 0 radical (unpaired) electrons. The number of nitrogens with zero attached hydrogens (tertiary/aromatic N) is 1. The predicted molar refractivity (Wildman–Crippen MR) is 74.0 cm³/mol. The quantitative estimate of drug-likeness (QED) is 0.768. The first-order chi connectivity index (χ1) is 9.81. The summed E-state index contributed by atoms with van der Waals surface area (Å²) in [4.78, 5) is 47.0. The molecule has 3 N–H and O–H groups in total. The van der Waals surface area contributed by atoms with E-state index < -0.39 is 30.2 Å². The second-order valence-corrected chi connectivity index (χ2v) is 5.07. The average Bonchev–Trinajstić information content (AvgIpc) is 2.63. The molecule has 9 heteroatoms. The van der Waals surface area contributed by atoms with Gasteiger partial charge in [0, 0.05) is 0 Å². The minimum atomic E-state index is -0.732. The number of hydrogen-bond acceptors (Lipinski definition) is 4. The van der Waals surface area contributed by atoms with E-state index in [-0.39, 0.29) is 27.7 Å². The number of imide groups is 1. The summed E-state index contributed by atoms with van der Waals surface area (Å²) in [6, 6.07) is 2.56. The molecule has 0 saturated heterocycles. The monoisotopic (exact) mass is 329 g/mol. The minimum Gasteiger partial charge on any atom is -0.368 e. The lowest BCUT2D eigenvalue weighted by Gasteiger charge is -2.12. The van der Waals surface area contributed by atoms with E-state index in [0.29, 0.717) is 0 Å². The number of benzene rings is 1. The molecular formula is C12H9Cl2N3O4. The van der Waals surface area contributed by atoms with E-state index in [0.717, 1.165) is 4.90 Å². The number of nitrogens with two attached hydrogens (primary N) is 1. The van der Waals surface area contributed by atoms with E-state index in [1.807, 2.05) is 0 Å². The maximum absolute atomic E-state index is 12.1. The number of amides is 4. The Kier molecular flexibility index (Phi) is 4.15. The maximum atomic E-state index is 12.1. The molecule has 0 bridgehead atoms. The van der Waals surface area contributed by atoms with E-state index in [1.54, 1.807) is 0 Å². The van der Waals surface area contributed by atoms with Gasteiger partial charge in [0.1, 0.15) is 6.54 Å². The molecule has 1 aromatic carbocycles. The summed E-state index contributed by atoms with van der Waals surface area (Å²) < 4.78 is 0. The lowest BCUT2D eigenvalue weighted by molar-refractivity contribution is -0.124. The molecule has 1 aliphatic heterocycles. The van der Waals surface area contributed by atoms with Gasteiger partial charge in [-0.3, -0.25) is 24.1 Å². The number of carbonyl (C=O) groups is 4. The molecule has 2 rings (SSSR count). The summed E-state index contributed by atoms with van der Waals surface area (Å²) in [5.74, 6) is -2.71. The van der Waals surface area contributed by atoms with Crippen LogP contribution in [0.3, 0.4) is 0 Å². The molecule has 0 fully saturated rings. The fraction of sp³-hybridized carbons (Fsp3) is 0.167. The van der Waals surface area contributed by atoms with Gasteiger partial charge in [-0.25, -0.2) is 0 Å². The summed E-state index contributed by atoms with van der Waals surface area (Å²) in [5.41, 5.74) is 5.04. The largest absolute Gasteiger partial charge is 0.368 e. The summed E-state index contributed by atoms with van der Waals surface area (Å²) in [7, 11) is 0. The molecule has 1 heterocycles. The van der Waals surface area contributed by atoms with Crippen LogP contribution in [-0.2, 0) is 9.59 Å². The molecule has 1 aromatic rings. The van der Waals surface area contributed by atoms with Crippen LogP contribution in [0, 0.1) is 0 Å². The molecule has 0 spiro atoms. The van der Waals surface area contributed by atoms with Crippen molar-refractivity contribution < 1.29 is 19.2 Å². The van der Waals surface area contributed by atoms with Crippen molar-refractivity contribution in [2.24, 2.45) is 5.73 Å². The molecular weight excluding hydrogens is 321 g/mol. The van der Waals surface area contributed by atoms with Crippen molar-refractivity contribution >= 4 is 46.8 Å². The van der Waals surface area contributed by atoms with E-state index >= 15 is 0 Å². The molecule has 0 unspecified atom stereocenters. The summed E-state index contributed by atoms with van der Waals surface area (Å²) in [5, 5.41) is 2.46. The minimum absolute atomic E-state index is 0.0806. The third-order valence-corrected chi connectivity index (χ3v) is 3.50. The van der Waals surface area contributed by atoms with Crippen LogP contribution in [0.2, 0.25) is 10.0 Å². The second-order valence-electron chi connectivity index (χ2n) is 4.25. The van der Waals surface area contributed by atoms with Crippen molar-refractivity contribution in [2.75, 3.05) is 13.1 Å². The smallest absolute Gasteiger partial charge is 0.262 e. The van der Waals surface area contributed by atoms with Gasteiger partial charge in [0.05, 0.1) is 27.7 Å². The van der Waals surface area contributed by atoms with Crippen molar-refractivity contribution in [3.05, 3.63) is 33.3 Å². The van der Waals surface area contributed by atoms with Crippen LogP contribution >= 0.6 is 23.2 Å². The third-order valence-electron chi connectivity index (χ3n) is 2.77. The van der Waals surface area contributed by atoms with Crippen molar-refractivity contribution in [2.45, 2.75) is 0 Å². The van der Waals surface area contributed by atoms with Crippen LogP contribution in [0.25, 0.3) is 0 Å². The lowest BCUT2D eigenvalue weighted by Crippen LogP contribution is -2.42. The van der Waals surface area contributed by atoms with Crippen LogP contribution in [0.4, 0.5) is 0 Å². The average molecular weight is 330 g/mol. The zero-order valence-electron chi connectivity index (χ0n) is 10.5. The number of halogens is 2. The van der Waals surface area contributed by atoms with Gasteiger partial charge in [0.2, 0.25) is 11.8 Å². The first-order valence-corrected chi connectivity index (χ1v) is 6.47. The van der Waals surface area contributed by atoms with Gasteiger partial charge in [0.25, 0.3) is 11.8 Å². The molecule has 110 valence electrons. The highest BCUT2D eigenvalue weighted by atomic mass is 35.5. The highest BCUT2D eigenvalue weighted by molar-refractivity contribution is 6.43. The molecule has 0 aromatic heterocycles. The van der Waals surface area contributed by atoms with Crippen LogP contribution < -0.4 is 11.1 Å². The van der Waals surface area contributed by atoms with E-state index in [2.05, 4.69) is 5.32 Å². The highest BCUT2D eigenvalue weighted by Gasteiger charge is 2.37. The summed E-state index contributed by atoms with van der Waals surface area (Å²) in [6.45, 7) is -0.894. The SMILES string of the molecule is NC(=O)CNC(=O)CN1C(=O)c2cc(Cl)c(Cl)cc2C1=O. The Morgan fingerprint density at radius 3 is 2.00 bits per heavy atom. The van der Waals surface area contributed by atoms with Crippen molar-refractivity contribution in [3.8, 4) is 0 Å². The van der Waals surface area contributed by atoms with Gasteiger partial charge in [-0.15, -0.1) is 0 Å². The highest BCUT2D eigenvalue weighted by Crippen LogP contribution is 2.31. The molecule has 0 aliphatic carbocycles. The fourth-order valence-electron chi connectivity index (χ4n) is 1.81. The van der Waals surface area contributed by atoms with Gasteiger partial charge in [-0.2, -0.15) is 0 Å². The van der Waals surface area contributed by atoms with Gasteiger partial charge in [-0.05, 0) is 12.1 Å². The predicted octanol–water partition coefficient (Wildman–Crippen LogP) is 0.191. The molecule has 0 saturated carbocycles. The van der Waals surface area contributed by atoms with Crippen molar-refractivity contribution in [1.29, 1.82) is 0 Å². The van der Waals surface area contributed by atoms with Gasteiger partial charge >= 0.3 is 0 Å². The first-order valence-electron chi connectivity index (χ1n) is 5.71. The fourth-order valence-corrected chi connectivity index (χ4v) is 2.14. The molecule has 21 heavy (non-hydrogen) atoms. The topological polar surface area (TPSA) is 110 Å². The zero-order chi connectivity index (χ0) is 15.7. The Bertz CT molecular complexity index is 634. The van der Waals surface area contributed by atoms with Crippen LogP contribution in [0.15, 0.2) is 12.1 Å². The molecule has 7 nitrogen and oxygen atoms in total. The normalized spacial score (nSPS) is 13.3. The summed E-state index contributed by atoms with van der Waals surface area (Å²) >= 11 is 11.6. The Morgan fingerprint density at radius 2 is 1.57 bits per heavy atom. The Morgan fingerprint density at radius 1 is 1.10 bits per heavy atom. The lowest BCUT2D eigenvalue weighted by atomic mass is 10.1. The number of primary amides is 1. The van der Waals surface area contributed by atoms with Crippen LogP contribution in [0.1, 0.15) is 20.7 Å². The molecule has 0 atom stereocenters. The maximum Gasteiger partial charge on any atom is 0.262 e. The number of hydrogen-bond donors (Lipinski definition) is 2. The van der Waals surface area contributed by atoms with Gasteiger partial charge in [0.15, 0.2) is 0 Å². The number of carbonyl (C=O) groups excluding carboxylic acids is 4. The summed E-state index contributed by atoms with van der Waals surface area (Å²) in [6.07, 6.45) is 0. The van der Waals surface area contributed by atoms with Gasteiger partial charge in [-0.1, -0.05) is 23.2 Å². The van der Waals surface area contributed by atoms with Crippen molar-refractivity contribution in [1.82, 2.24) is 10.2 Å². The Balaban J connectivity index is 2.18. The van der Waals surface area contributed by atoms with E-state index in [9.17, 15) is 19.2 Å². The van der Waals surface area contributed by atoms with E-state index in [1.165, 1.54) is 12.1 Å².